The number of hydrogen-bond acceptors (Lipinski definition) is 3. The number of rotatable bonds is 4. The van der Waals surface area contributed by atoms with Crippen molar-refractivity contribution in [2.45, 2.75) is 20.3 Å². The van der Waals surface area contributed by atoms with Gasteiger partial charge in [-0.2, -0.15) is 0 Å². The average Bonchev–Trinajstić information content (AvgIpc) is 2.83. The number of anilines is 1. The van der Waals surface area contributed by atoms with Gasteiger partial charge >= 0.3 is 0 Å². The van der Waals surface area contributed by atoms with Crippen molar-refractivity contribution in [3.8, 4) is 0 Å². The van der Waals surface area contributed by atoms with Crippen LogP contribution in [0.2, 0.25) is 0 Å². The van der Waals surface area contributed by atoms with E-state index >= 15 is 0 Å². The van der Waals surface area contributed by atoms with E-state index in [2.05, 4.69) is 16.7 Å². The van der Waals surface area contributed by atoms with Gasteiger partial charge in [0.2, 0.25) is 5.91 Å². The summed E-state index contributed by atoms with van der Waals surface area (Å²) in [6.45, 7) is 6.06. The fourth-order valence-electron chi connectivity index (χ4n) is 2.61. The molecule has 19 heavy (non-hydrogen) atoms. The lowest BCUT2D eigenvalue weighted by molar-refractivity contribution is -0.127. The van der Waals surface area contributed by atoms with E-state index in [1.54, 1.807) is 7.11 Å². The zero-order valence-electron chi connectivity index (χ0n) is 11.9. The highest BCUT2D eigenvalue weighted by molar-refractivity contribution is 5.96. The normalized spacial score (nSPS) is 22.5. The number of nitrogens with one attached hydrogen (secondary N) is 2. The topological polar surface area (TPSA) is 50.4 Å². The number of ether oxygens (including phenoxy) is 1. The zero-order chi connectivity index (χ0) is 13.9. The lowest BCUT2D eigenvalue weighted by atomic mass is 9.87. The summed E-state index contributed by atoms with van der Waals surface area (Å²) in [5, 5.41) is 6.29. The van der Waals surface area contributed by atoms with Crippen LogP contribution in [0.5, 0.6) is 0 Å². The molecule has 1 heterocycles. The van der Waals surface area contributed by atoms with Gasteiger partial charge in [0.25, 0.3) is 0 Å². The molecule has 0 aromatic heterocycles. The summed E-state index contributed by atoms with van der Waals surface area (Å²) in [7, 11) is 1.64. The van der Waals surface area contributed by atoms with Crippen LogP contribution in [0.15, 0.2) is 18.2 Å². The lowest BCUT2D eigenvalue weighted by Crippen LogP contribution is -2.41. The summed E-state index contributed by atoms with van der Waals surface area (Å²) in [6.07, 6.45) is 0.817. The fourth-order valence-corrected chi connectivity index (χ4v) is 2.61. The van der Waals surface area contributed by atoms with Crippen LogP contribution < -0.4 is 10.6 Å². The second-order valence-electron chi connectivity index (χ2n) is 5.41. The number of hydrogen-bond donors (Lipinski definition) is 2. The highest BCUT2D eigenvalue weighted by atomic mass is 16.5. The molecular weight excluding hydrogens is 240 g/mol. The van der Waals surface area contributed by atoms with Gasteiger partial charge in [0.15, 0.2) is 0 Å². The van der Waals surface area contributed by atoms with Gasteiger partial charge in [-0.25, -0.2) is 0 Å². The van der Waals surface area contributed by atoms with E-state index in [1.165, 1.54) is 5.56 Å². The van der Waals surface area contributed by atoms with Crippen LogP contribution in [-0.4, -0.2) is 32.7 Å². The zero-order valence-corrected chi connectivity index (χ0v) is 11.9. The second-order valence-corrected chi connectivity index (χ2v) is 5.41. The van der Waals surface area contributed by atoms with Crippen molar-refractivity contribution in [3.05, 3.63) is 29.3 Å². The van der Waals surface area contributed by atoms with Gasteiger partial charge in [0.1, 0.15) is 0 Å². The highest BCUT2D eigenvalue weighted by Crippen LogP contribution is 2.28. The molecule has 0 spiro atoms. The predicted octanol–water partition coefficient (Wildman–Crippen LogP) is 1.87. The third-order valence-corrected chi connectivity index (χ3v) is 3.78. The van der Waals surface area contributed by atoms with Crippen molar-refractivity contribution < 1.29 is 9.53 Å². The maximum absolute atomic E-state index is 12.5. The van der Waals surface area contributed by atoms with E-state index in [-0.39, 0.29) is 5.91 Å². The van der Waals surface area contributed by atoms with Crippen LogP contribution >= 0.6 is 0 Å². The van der Waals surface area contributed by atoms with E-state index in [1.807, 2.05) is 26.0 Å². The van der Waals surface area contributed by atoms with Gasteiger partial charge in [0, 0.05) is 19.3 Å². The average molecular weight is 262 g/mol. The van der Waals surface area contributed by atoms with Crippen molar-refractivity contribution >= 4 is 11.6 Å². The largest absolute Gasteiger partial charge is 0.384 e. The molecule has 1 unspecified atom stereocenters. The summed E-state index contributed by atoms with van der Waals surface area (Å²) in [6, 6.07) is 6.05. The van der Waals surface area contributed by atoms with Gasteiger partial charge in [-0.1, -0.05) is 17.7 Å². The van der Waals surface area contributed by atoms with Gasteiger partial charge in [-0.3, -0.25) is 4.79 Å². The first-order chi connectivity index (χ1) is 9.07. The number of benzene rings is 1. The molecule has 0 bridgehead atoms. The molecule has 2 rings (SSSR count). The molecule has 104 valence electrons. The molecular formula is C15H22N2O2. The number of aryl methyl sites for hydroxylation is 2. The van der Waals surface area contributed by atoms with Crippen LogP contribution in [0.1, 0.15) is 17.5 Å². The Morgan fingerprint density at radius 1 is 1.47 bits per heavy atom. The lowest BCUT2D eigenvalue weighted by Gasteiger charge is -2.26. The smallest absolute Gasteiger partial charge is 0.234 e. The van der Waals surface area contributed by atoms with Crippen LogP contribution in [0, 0.1) is 19.3 Å². The minimum atomic E-state index is -0.438. The van der Waals surface area contributed by atoms with Gasteiger partial charge in [-0.15, -0.1) is 0 Å². The summed E-state index contributed by atoms with van der Waals surface area (Å²) < 4.78 is 5.24. The Balaban J connectivity index is 2.15. The minimum absolute atomic E-state index is 0.0475. The monoisotopic (exact) mass is 262 g/mol. The first kappa shape index (κ1) is 14.0. The third kappa shape index (κ3) is 2.96. The predicted molar refractivity (Wildman–Crippen MR) is 76.3 cm³/mol. The number of carbonyl (C=O) groups excluding carboxylic acids is 1. The molecule has 1 aliphatic rings. The number of carbonyl (C=O) groups is 1. The first-order valence-electron chi connectivity index (χ1n) is 6.66. The van der Waals surface area contributed by atoms with Crippen molar-refractivity contribution in [1.29, 1.82) is 0 Å². The molecule has 0 aliphatic carbocycles. The second kappa shape index (κ2) is 5.72. The summed E-state index contributed by atoms with van der Waals surface area (Å²) >= 11 is 0. The Labute approximate surface area is 114 Å². The molecule has 1 atom stereocenters. The van der Waals surface area contributed by atoms with Crippen LogP contribution in [0.25, 0.3) is 0 Å². The van der Waals surface area contributed by atoms with Crippen molar-refractivity contribution in [1.82, 2.24) is 5.32 Å². The quantitative estimate of drug-likeness (QED) is 0.871. The Kier molecular flexibility index (Phi) is 4.22. The Morgan fingerprint density at radius 3 is 2.84 bits per heavy atom. The molecule has 1 amide bonds. The maximum atomic E-state index is 12.5. The standard InChI is InChI=1S/C15H22N2O2/c1-11-4-5-13(12(2)8-11)17-14(18)15(10-19-3)6-7-16-9-15/h4-5,8,16H,6-7,9-10H2,1-3H3,(H,17,18). The Morgan fingerprint density at radius 2 is 2.26 bits per heavy atom. The van der Waals surface area contributed by atoms with E-state index in [0.29, 0.717) is 13.2 Å². The molecule has 0 saturated carbocycles. The van der Waals surface area contributed by atoms with Gasteiger partial charge in [-0.05, 0) is 38.4 Å². The minimum Gasteiger partial charge on any atom is -0.384 e. The molecule has 1 saturated heterocycles. The van der Waals surface area contributed by atoms with E-state index in [4.69, 9.17) is 4.74 Å². The van der Waals surface area contributed by atoms with Gasteiger partial charge in [0.05, 0.1) is 12.0 Å². The molecule has 4 nitrogen and oxygen atoms in total. The van der Waals surface area contributed by atoms with Crippen LogP contribution in [0.4, 0.5) is 5.69 Å². The molecule has 1 fully saturated rings. The van der Waals surface area contributed by atoms with Crippen LogP contribution in [0.3, 0.4) is 0 Å². The van der Waals surface area contributed by atoms with Crippen molar-refractivity contribution in [2.24, 2.45) is 5.41 Å². The molecule has 0 radical (unpaired) electrons. The van der Waals surface area contributed by atoms with Crippen LogP contribution in [-0.2, 0) is 9.53 Å². The SMILES string of the molecule is COCC1(C(=O)Nc2ccc(C)cc2C)CCNC1. The Bertz CT molecular complexity index is 465. The van der Waals surface area contributed by atoms with Crippen molar-refractivity contribution in [2.75, 3.05) is 32.1 Å². The van der Waals surface area contributed by atoms with E-state index in [9.17, 15) is 4.79 Å². The molecule has 1 aliphatic heterocycles. The molecule has 4 heteroatoms. The molecule has 1 aromatic carbocycles. The highest BCUT2D eigenvalue weighted by Gasteiger charge is 2.41. The third-order valence-electron chi connectivity index (χ3n) is 3.78. The first-order valence-corrected chi connectivity index (χ1v) is 6.66. The number of methoxy groups -OCH3 is 1. The summed E-state index contributed by atoms with van der Waals surface area (Å²) in [5.74, 6) is 0.0475. The van der Waals surface area contributed by atoms with E-state index < -0.39 is 5.41 Å². The summed E-state index contributed by atoms with van der Waals surface area (Å²) in [4.78, 5) is 12.5. The van der Waals surface area contributed by atoms with E-state index in [0.717, 1.165) is 24.2 Å². The maximum Gasteiger partial charge on any atom is 0.234 e. The molecule has 1 aromatic rings. The van der Waals surface area contributed by atoms with Crippen molar-refractivity contribution in [3.63, 3.8) is 0 Å². The number of amides is 1. The fraction of sp³-hybridized carbons (Fsp3) is 0.533. The summed E-state index contributed by atoms with van der Waals surface area (Å²) in [5.41, 5.74) is 2.74. The molecule has 2 N–H and O–H groups in total. The van der Waals surface area contributed by atoms with Gasteiger partial charge < -0.3 is 15.4 Å². The Hall–Kier alpha value is -1.39.